The van der Waals surface area contributed by atoms with E-state index in [4.69, 9.17) is 4.74 Å². The standard InChI is InChI=1S/C20H25BrN2O2S/c21-16-7-9-17(10-8-16)25-15-20(24)22-14-18(19-6-5-13-26-19)23-11-3-1-2-4-12-23/h5-10,13,18H,1-4,11-12,14-15H2,(H,22,24). The number of benzene rings is 1. The van der Waals surface area contributed by atoms with Crippen LogP contribution < -0.4 is 10.1 Å². The number of halogens is 1. The molecule has 1 amide bonds. The third-order valence-electron chi connectivity index (χ3n) is 4.63. The molecule has 3 rings (SSSR count). The summed E-state index contributed by atoms with van der Waals surface area (Å²) in [5, 5.41) is 5.17. The van der Waals surface area contributed by atoms with Crippen LogP contribution in [-0.2, 0) is 4.79 Å². The lowest BCUT2D eigenvalue weighted by Crippen LogP contribution is -2.39. The molecule has 1 unspecified atom stereocenters. The number of carbonyl (C=O) groups is 1. The summed E-state index contributed by atoms with van der Waals surface area (Å²) in [6.07, 6.45) is 5.09. The van der Waals surface area contributed by atoms with E-state index in [-0.39, 0.29) is 18.6 Å². The molecule has 0 radical (unpaired) electrons. The predicted molar refractivity (Wildman–Crippen MR) is 110 cm³/mol. The van der Waals surface area contributed by atoms with Crippen LogP contribution in [0.3, 0.4) is 0 Å². The molecule has 0 saturated carbocycles. The van der Waals surface area contributed by atoms with Gasteiger partial charge in [-0.1, -0.05) is 34.8 Å². The lowest BCUT2D eigenvalue weighted by Gasteiger charge is -2.30. The zero-order valence-electron chi connectivity index (χ0n) is 14.8. The Bertz CT molecular complexity index is 668. The van der Waals surface area contributed by atoms with Crippen LogP contribution in [0.15, 0.2) is 46.3 Å². The van der Waals surface area contributed by atoms with Crippen molar-refractivity contribution >= 4 is 33.2 Å². The molecule has 1 aromatic heterocycles. The van der Waals surface area contributed by atoms with E-state index in [1.54, 1.807) is 11.3 Å². The molecule has 1 atom stereocenters. The van der Waals surface area contributed by atoms with E-state index in [1.165, 1.54) is 30.6 Å². The van der Waals surface area contributed by atoms with Crippen LogP contribution in [0.2, 0.25) is 0 Å². The fourth-order valence-corrected chi connectivity index (χ4v) is 4.36. The molecule has 4 nitrogen and oxygen atoms in total. The fraction of sp³-hybridized carbons (Fsp3) is 0.450. The third-order valence-corrected chi connectivity index (χ3v) is 6.13. The quantitative estimate of drug-likeness (QED) is 0.687. The van der Waals surface area contributed by atoms with Crippen molar-refractivity contribution < 1.29 is 9.53 Å². The topological polar surface area (TPSA) is 41.6 Å². The fourth-order valence-electron chi connectivity index (χ4n) is 3.24. The van der Waals surface area contributed by atoms with Crippen molar-refractivity contribution in [3.63, 3.8) is 0 Å². The van der Waals surface area contributed by atoms with Gasteiger partial charge in [-0.25, -0.2) is 0 Å². The van der Waals surface area contributed by atoms with Crippen molar-refractivity contribution in [3.05, 3.63) is 51.1 Å². The Hall–Kier alpha value is -1.37. The average Bonchev–Trinajstić information content (AvgIpc) is 3.04. The summed E-state index contributed by atoms with van der Waals surface area (Å²) in [4.78, 5) is 16.1. The predicted octanol–water partition coefficient (Wildman–Crippen LogP) is 4.62. The Morgan fingerprint density at radius 2 is 1.88 bits per heavy atom. The summed E-state index contributed by atoms with van der Waals surface area (Å²) in [5.74, 6) is 0.620. The minimum Gasteiger partial charge on any atom is -0.484 e. The highest BCUT2D eigenvalue weighted by atomic mass is 79.9. The number of rotatable bonds is 7. The highest BCUT2D eigenvalue weighted by molar-refractivity contribution is 9.10. The maximum absolute atomic E-state index is 12.2. The van der Waals surface area contributed by atoms with Gasteiger partial charge in [0.25, 0.3) is 5.91 Å². The van der Waals surface area contributed by atoms with E-state index < -0.39 is 0 Å². The van der Waals surface area contributed by atoms with Crippen LogP contribution in [0.25, 0.3) is 0 Å². The number of likely N-dealkylation sites (tertiary alicyclic amines) is 1. The Kier molecular flexibility index (Phi) is 7.53. The molecule has 1 aliphatic rings. The summed E-state index contributed by atoms with van der Waals surface area (Å²) in [6, 6.07) is 12.0. The molecule has 1 aliphatic heterocycles. The van der Waals surface area contributed by atoms with Crippen LogP contribution in [0, 0.1) is 0 Å². The number of nitrogens with one attached hydrogen (secondary N) is 1. The monoisotopic (exact) mass is 436 g/mol. The Morgan fingerprint density at radius 3 is 2.54 bits per heavy atom. The van der Waals surface area contributed by atoms with Gasteiger partial charge in [-0.15, -0.1) is 11.3 Å². The van der Waals surface area contributed by atoms with Gasteiger partial charge < -0.3 is 10.1 Å². The first-order valence-electron chi connectivity index (χ1n) is 9.15. The molecule has 26 heavy (non-hydrogen) atoms. The molecule has 0 bridgehead atoms. The molecule has 1 saturated heterocycles. The van der Waals surface area contributed by atoms with Crippen molar-refractivity contribution in [3.8, 4) is 5.75 Å². The van der Waals surface area contributed by atoms with Crippen LogP contribution in [0.1, 0.15) is 36.6 Å². The number of ether oxygens (including phenoxy) is 1. The van der Waals surface area contributed by atoms with Crippen molar-refractivity contribution in [2.24, 2.45) is 0 Å². The summed E-state index contributed by atoms with van der Waals surface area (Å²) >= 11 is 5.16. The van der Waals surface area contributed by atoms with Crippen molar-refractivity contribution in [1.29, 1.82) is 0 Å². The molecule has 1 aromatic carbocycles. The Labute approximate surface area is 167 Å². The van der Waals surface area contributed by atoms with E-state index >= 15 is 0 Å². The zero-order chi connectivity index (χ0) is 18.2. The minimum atomic E-state index is -0.0794. The number of amides is 1. The molecule has 1 fully saturated rings. The second-order valence-electron chi connectivity index (χ2n) is 6.53. The average molecular weight is 437 g/mol. The van der Waals surface area contributed by atoms with Crippen LogP contribution in [0.5, 0.6) is 5.75 Å². The maximum atomic E-state index is 12.2. The van der Waals surface area contributed by atoms with Gasteiger partial charge >= 0.3 is 0 Å². The second-order valence-corrected chi connectivity index (χ2v) is 8.42. The van der Waals surface area contributed by atoms with Crippen LogP contribution in [0.4, 0.5) is 0 Å². The summed E-state index contributed by atoms with van der Waals surface area (Å²) in [6.45, 7) is 2.88. The van der Waals surface area contributed by atoms with Gasteiger partial charge in [0, 0.05) is 15.9 Å². The second kappa shape index (κ2) is 10.1. The molecule has 2 heterocycles. The van der Waals surface area contributed by atoms with Crippen LogP contribution >= 0.6 is 27.3 Å². The van der Waals surface area contributed by atoms with E-state index in [0.717, 1.165) is 17.6 Å². The molecule has 2 aromatic rings. The van der Waals surface area contributed by atoms with Gasteiger partial charge in [0.2, 0.25) is 0 Å². The maximum Gasteiger partial charge on any atom is 0.258 e. The Morgan fingerprint density at radius 1 is 1.15 bits per heavy atom. The summed E-state index contributed by atoms with van der Waals surface area (Å²) < 4.78 is 6.56. The first-order valence-corrected chi connectivity index (χ1v) is 10.8. The Balaban J connectivity index is 1.53. The summed E-state index contributed by atoms with van der Waals surface area (Å²) in [7, 11) is 0. The van der Waals surface area contributed by atoms with Gasteiger partial charge in [-0.2, -0.15) is 0 Å². The highest BCUT2D eigenvalue weighted by Crippen LogP contribution is 2.27. The molecular formula is C20H25BrN2O2S. The molecule has 0 spiro atoms. The number of hydrogen-bond donors (Lipinski definition) is 1. The van der Waals surface area contributed by atoms with Crippen molar-refractivity contribution in [2.45, 2.75) is 31.7 Å². The zero-order valence-corrected chi connectivity index (χ0v) is 17.2. The number of nitrogens with zero attached hydrogens (tertiary/aromatic N) is 1. The largest absolute Gasteiger partial charge is 0.484 e. The summed E-state index contributed by atoms with van der Waals surface area (Å²) in [5.41, 5.74) is 0. The van der Waals surface area contributed by atoms with Gasteiger partial charge in [-0.3, -0.25) is 9.69 Å². The minimum absolute atomic E-state index is 0.0405. The van der Waals surface area contributed by atoms with Gasteiger partial charge in [0.05, 0.1) is 6.04 Å². The van der Waals surface area contributed by atoms with Crippen molar-refractivity contribution in [1.82, 2.24) is 10.2 Å². The van der Waals surface area contributed by atoms with E-state index in [0.29, 0.717) is 12.3 Å². The number of carbonyl (C=O) groups excluding carboxylic acids is 1. The molecular weight excluding hydrogens is 412 g/mol. The van der Waals surface area contributed by atoms with E-state index in [1.807, 2.05) is 24.3 Å². The molecule has 1 N–H and O–H groups in total. The first-order chi connectivity index (χ1) is 12.7. The normalized spacial score (nSPS) is 16.7. The highest BCUT2D eigenvalue weighted by Gasteiger charge is 2.23. The third kappa shape index (κ3) is 5.83. The molecule has 0 aliphatic carbocycles. The van der Waals surface area contributed by atoms with Gasteiger partial charge in [0.1, 0.15) is 5.75 Å². The SMILES string of the molecule is O=C(COc1ccc(Br)cc1)NCC(c1cccs1)N1CCCCCC1. The van der Waals surface area contributed by atoms with Crippen molar-refractivity contribution in [2.75, 3.05) is 26.2 Å². The lowest BCUT2D eigenvalue weighted by atomic mass is 10.2. The smallest absolute Gasteiger partial charge is 0.258 e. The molecule has 140 valence electrons. The van der Waals surface area contributed by atoms with E-state index in [2.05, 4.69) is 43.7 Å². The lowest BCUT2D eigenvalue weighted by molar-refractivity contribution is -0.123. The molecule has 6 heteroatoms. The first kappa shape index (κ1) is 19.4. The van der Waals surface area contributed by atoms with E-state index in [9.17, 15) is 4.79 Å². The van der Waals surface area contributed by atoms with Crippen LogP contribution in [-0.4, -0.2) is 37.0 Å². The van der Waals surface area contributed by atoms with Gasteiger partial charge in [-0.05, 0) is 61.6 Å². The van der Waals surface area contributed by atoms with Gasteiger partial charge in [0.15, 0.2) is 6.61 Å². The number of thiophene rings is 1. The number of hydrogen-bond acceptors (Lipinski definition) is 4.